The molecule has 1 rings (SSSR count). The van der Waals surface area contributed by atoms with E-state index in [9.17, 15) is 4.79 Å². The fraction of sp³-hybridized carbons (Fsp3) is 0.333. The van der Waals surface area contributed by atoms with Crippen LogP contribution in [-0.2, 0) is 11.3 Å². The molecule has 1 amide bonds. The van der Waals surface area contributed by atoms with E-state index in [0.29, 0.717) is 17.8 Å². The van der Waals surface area contributed by atoms with Gasteiger partial charge in [0.1, 0.15) is 0 Å². The summed E-state index contributed by atoms with van der Waals surface area (Å²) in [7, 11) is 0. The van der Waals surface area contributed by atoms with E-state index in [2.05, 4.69) is 0 Å². The molecule has 0 saturated heterocycles. The molecule has 0 radical (unpaired) electrons. The summed E-state index contributed by atoms with van der Waals surface area (Å²) in [5.74, 6) is -0.330. The predicted octanol–water partition coefficient (Wildman–Crippen LogP) is 0.326. The van der Waals surface area contributed by atoms with Gasteiger partial charge in [0.05, 0.1) is 0 Å². The highest BCUT2D eigenvalue weighted by molar-refractivity contribution is 7.06. The number of nitrogens with zero attached hydrogens (tertiary/aromatic N) is 1. The Kier molecular flexibility index (Phi) is 4.61. The minimum atomic E-state index is -0.330. The van der Waals surface area contributed by atoms with E-state index in [1.807, 2.05) is 5.38 Å². The van der Waals surface area contributed by atoms with Crippen LogP contribution in [0, 0.1) is 5.41 Å². The zero-order valence-corrected chi connectivity index (χ0v) is 7.95. The maximum atomic E-state index is 10.4. The zero-order valence-electron chi connectivity index (χ0n) is 6.32. The van der Waals surface area contributed by atoms with Crippen LogP contribution in [0.15, 0.2) is 11.6 Å². The normalized spacial score (nSPS) is 9.00. The minimum Gasteiger partial charge on any atom is -0.370 e. The van der Waals surface area contributed by atoms with E-state index >= 15 is 0 Å². The Morgan fingerprint density at radius 2 is 2.42 bits per heavy atom. The van der Waals surface area contributed by atoms with Crippen LogP contribution in [0.4, 0.5) is 0 Å². The van der Waals surface area contributed by atoms with Gasteiger partial charge >= 0.3 is 0 Å². The summed E-state index contributed by atoms with van der Waals surface area (Å²) < 4.78 is 1.69. The first-order valence-corrected chi connectivity index (χ1v) is 4.05. The van der Waals surface area contributed by atoms with Crippen molar-refractivity contribution in [2.24, 2.45) is 5.73 Å². The molecule has 0 saturated carbocycles. The summed E-state index contributed by atoms with van der Waals surface area (Å²) >= 11 is 1.33. The second-order valence-corrected chi connectivity index (χ2v) is 3.01. The molecule has 0 unspecified atom stereocenters. The van der Waals surface area contributed by atoms with Crippen LogP contribution in [0.5, 0.6) is 0 Å². The highest BCUT2D eigenvalue weighted by Gasteiger charge is 1.96. The van der Waals surface area contributed by atoms with Gasteiger partial charge in [0.15, 0.2) is 4.80 Å². The number of primary amides is 1. The van der Waals surface area contributed by atoms with E-state index in [-0.39, 0.29) is 18.3 Å². The van der Waals surface area contributed by atoms with Crippen molar-refractivity contribution in [3.8, 4) is 0 Å². The summed E-state index contributed by atoms with van der Waals surface area (Å²) in [4.78, 5) is 10.8. The third-order valence-corrected chi connectivity index (χ3v) is 2.00. The number of carbonyl (C=O) groups excluding carboxylic acids is 1. The highest BCUT2D eigenvalue weighted by Crippen LogP contribution is 1.90. The summed E-state index contributed by atoms with van der Waals surface area (Å²) in [6, 6.07) is 0. The van der Waals surface area contributed by atoms with Gasteiger partial charge in [-0.05, 0) is 0 Å². The number of rotatable bonds is 3. The lowest BCUT2D eigenvalue weighted by Gasteiger charge is -1.97. The first kappa shape index (κ1) is 11.2. The van der Waals surface area contributed by atoms with Crippen LogP contribution in [0.1, 0.15) is 6.42 Å². The van der Waals surface area contributed by atoms with Crippen molar-refractivity contribution in [3.63, 3.8) is 0 Å². The molecule has 0 aromatic carbocycles. The molecule has 0 atom stereocenters. The Bertz CT molecular complexity index is 306. The molecule has 12 heavy (non-hydrogen) atoms. The second-order valence-electron chi connectivity index (χ2n) is 2.12. The second kappa shape index (κ2) is 4.95. The molecule has 1 heterocycles. The number of amides is 1. The van der Waals surface area contributed by atoms with Gasteiger partial charge in [-0.2, -0.15) is 0 Å². The van der Waals surface area contributed by atoms with Crippen LogP contribution in [-0.4, -0.2) is 10.5 Å². The van der Waals surface area contributed by atoms with Crippen molar-refractivity contribution < 1.29 is 4.79 Å². The topological polar surface area (TPSA) is 71.9 Å². The monoisotopic (exact) mass is 207 g/mol. The number of hydrogen-bond acceptors (Lipinski definition) is 3. The lowest BCUT2D eigenvalue weighted by molar-refractivity contribution is -0.118. The first-order chi connectivity index (χ1) is 5.20. The van der Waals surface area contributed by atoms with Gasteiger partial charge < -0.3 is 10.3 Å². The molecule has 0 aliphatic rings. The van der Waals surface area contributed by atoms with Crippen molar-refractivity contribution in [2.45, 2.75) is 13.0 Å². The number of aromatic nitrogens is 1. The van der Waals surface area contributed by atoms with Crippen molar-refractivity contribution in [2.75, 3.05) is 0 Å². The Morgan fingerprint density at radius 1 is 1.75 bits per heavy atom. The molecule has 0 bridgehead atoms. The van der Waals surface area contributed by atoms with Crippen LogP contribution < -0.4 is 10.5 Å². The summed E-state index contributed by atoms with van der Waals surface area (Å²) in [5, 5.41) is 9.13. The molecule has 0 aliphatic carbocycles. The minimum absolute atomic E-state index is 0. The van der Waals surface area contributed by atoms with E-state index in [4.69, 9.17) is 11.1 Å². The number of aryl methyl sites for hydroxylation is 1. The molecule has 4 nitrogen and oxygen atoms in total. The van der Waals surface area contributed by atoms with Crippen LogP contribution in [0.25, 0.3) is 0 Å². The Morgan fingerprint density at radius 3 is 2.83 bits per heavy atom. The molecular weight excluding hydrogens is 198 g/mol. The van der Waals surface area contributed by atoms with E-state index in [1.54, 1.807) is 10.8 Å². The van der Waals surface area contributed by atoms with Crippen molar-refractivity contribution >= 4 is 29.7 Å². The van der Waals surface area contributed by atoms with Gasteiger partial charge in [-0.3, -0.25) is 10.2 Å². The number of thiazole rings is 1. The van der Waals surface area contributed by atoms with Gasteiger partial charge in [-0.25, -0.2) is 0 Å². The van der Waals surface area contributed by atoms with Crippen molar-refractivity contribution in [3.05, 3.63) is 16.4 Å². The third kappa shape index (κ3) is 3.06. The molecule has 1 aromatic heterocycles. The smallest absolute Gasteiger partial charge is 0.219 e. The summed E-state index contributed by atoms with van der Waals surface area (Å²) in [5.41, 5.74) is 4.95. The van der Waals surface area contributed by atoms with Crippen LogP contribution in [0.3, 0.4) is 0 Å². The van der Waals surface area contributed by atoms with Crippen LogP contribution in [0.2, 0.25) is 0 Å². The lowest BCUT2D eigenvalue weighted by Crippen LogP contribution is -2.18. The van der Waals surface area contributed by atoms with E-state index in [1.165, 1.54) is 11.3 Å². The zero-order chi connectivity index (χ0) is 8.27. The SMILES string of the molecule is Cl.N=c1sccn1CCC(N)=O. The molecule has 0 spiro atoms. The van der Waals surface area contributed by atoms with E-state index < -0.39 is 0 Å². The highest BCUT2D eigenvalue weighted by atomic mass is 35.5. The van der Waals surface area contributed by atoms with E-state index in [0.717, 1.165) is 0 Å². The van der Waals surface area contributed by atoms with Gasteiger partial charge in [0.2, 0.25) is 5.91 Å². The average Bonchev–Trinajstić information content (AvgIpc) is 2.31. The maximum Gasteiger partial charge on any atom is 0.219 e. The van der Waals surface area contributed by atoms with Crippen LogP contribution >= 0.6 is 23.7 Å². The molecule has 0 fully saturated rings. The number of nitrogens with one attached hydrogen (secondary N) is 1. The Hall–Kier alpha value is -0.810. The molecule has 0 aliphatic heterocycles. The number of nitrogens with two attached hydrogens (primary N) is 1. The molecule has 3 N–H and O–H groups in total. The average molecular weight is 208 g/mol. The van der Waals surface area contributed by atoms with Gasteiger partial charge in [-0.1, -0.05) is 0 Å². The fourth-order valence-electron chi connectivity index (χ4n) is 0.710. The molecular formula is C6H10ClN3OS. The number of halogens is 1. The Labute approximate surface area is 79.9 Å². The predicted molar refractivity (Wildman–Crippen MR) is 49.2 cm³/mol. The quantitative estimate of drug-likeness (QED) is 0.737. The number of carbonyl (C=O) groups is 1. The van der Waals surface area contributed by atoms with Gasteiger partial charge in [-0.15, -0.1) is 23.7 Å². The van der Waals surface area contributed by atoms with Gasteiger partial charge in [0.25, 0.3) is 0 Å². The van der Waals surface area contributed by atoms with Crippen molar-refractivity contribution in [1.29, 1.82) is 5.41 Å². The maximum absolute atomic E-state index is 10.4. The lowest BCUT2D eigenvalue weighted by atomic mass is 10.4. The fourth-order valence-corrected chi connectivity index (χ4v) is 1.33. The Balaban J connectivity index is 0.00000121. The van der Waals surface area contributed by atoms with Gasteiger partial charge in [0, 0.05) is 24.5 Å². The largest absolute Gasteiger partial charge is 0.370 e. The number of hydrogen-bond donors (Lipinski definition) is 2. The molecule has 68 valence electrons. The molecule has 1 aromatic rings. The summed E-state index contributed by atoms with van der Waals surface area (Å²) in [6.45, 7) is 0.512. The molecule has 6 heteroatoms. The summed E-state index contributed by atoms with van der Waals surface area (Å²) in [6.07, 6.45) is 2.07. The third-order valence-electron chi connectivity index (χ3n) is 1.28. The van der Waals surface area contributed by atoms with Crippen molar-refractivity contribution in [1.82, 2.24) is 4.57 Å². The standard InChI is InChI=1S/C6H9N3OS.ClH/c7-5(10)1-2-9-3-4-11-6(9)8;/h3-4,8H,1-2H2,(H2,7,10);1H. The first-order valence-electron chi connectivity index (χ1n) is 3.17.